The molecule has 3 aliphatic rings. The van der Waals surface area contributed by atoms with Crippen LogP contribution in [0.3, 0.4) is 0 Å². The molecule has 9 heteroatoms. The Morgan fingerprint density at radius 3 is 2.46 bits per heavy atom. The van der Waals surface area contributed by atoms with Gasteiger partial charge in [-0.05, 0) is 32.0 Å². The van der Waals surface area contributed by atoms with E-state index in [1.165, 1.54) is 19.2 Å². The lowest BCUT2D eigenvalue weighted by molar-refractivity contribution is -0.138. The summed E-state index contributed by atoms with van der Waals surface area (Å²) in [5, 5.41) is 8.95. The molecule has 0 aromatic heterocycles. The number of methoxy groups -OCH3 is 1. The minimum absolute atomic E-state index is 0.198. The fourth-order valence-electron chi connectivity index (χ4n) is 5.07. The summed E-state index contributed by atoms with van der Waals surface area (Å²) in [6, 6.07) is 4.32. The Morgan fingerprint density at radius 2 is 1.89 bits per heavy atom. The fourth-order valence-corrected chi connectivity index (χ4v) is 5.07. The van der Waals surface area contributed by atoms with E-state index in [-0.39, 0.29) is 5.69 Å². The van der Waals surface area contributed by atoms with Crippen LogP contribution >= 0.6 is 0 Å². The summed E-state index contributed by atoms with van der Waals surface area (Å²) < 4.78 is 51.4. The molecule has 28 heavy (non-hydrogen) atoms. The van der Waals surface area contributed by atoms with Crippen LogP contribution in [0.4, 0.5) is 18.9 Å². The molecule has 4 rings (SSSR count). The summed E-state index contributed by atoms with van der Waals surface area (Å²) in [6.07, 6.45) is -4.78. The van der Waals surface area contributed by atoms with Crippen LogP contribution in [-0.4, -0.2) is 36.2 Å². The molecule has 3 saturated heterocycles. The van der Waals surface area contributed by atoms with Crippen LogP contribution in [-0.2, 0) is 25.2 Å². The third-order valence-corrected chi connectivity index (χ3v) is 6.24. The van der Waals surface area contributed by atoms with E-state index >= 15 is 0 Å². The number of hydrogen-bond donors (Lipinski definition) is 0. The molecular weight excluding hydrogens is 377 g/mol. The molecule has 3 fully saturated rings. The highest BCUT2D eigenvalue weighted by Gasteiger charge is 2.76. The molecule has 2 amide bonds. The average Bonchev–Trinajstić information content (AvgIpc) is 3.14. The van der Waals surface area contributed by atoms with E-state index in [0.717, 1.165) is 11.0 Å². The van der Waals surface area contributed by atoms with Crippen LogP contribution in [0.25, 0.3) is 0 Å². The molecule has 0 aliphatic carbocycles. The molecule has 148 valence electrons. The molecule has 2 bridgehead atoms. The summed E-state index contributed by atoms with van der Waals surface area (Å²) >= 11 is 0. The SMILES string of the molecule is CO[C@H]1C[C@]2(C)O[C@@]1(C)[C@H]1C(=O)N(c3ccc(C#N)c(C(F)(F)F)c3)C(=O)[C@H]12. The van der Waals surface area contributed by atoms with Crippen molar-refractivity contribution in [2.45, 2.75) is 43.8 Å². The maximum absolute atomic E-state index is 13.3. The molecular formula is C19H17F3N2O4. The highest BCUT2D eigenvalue weighted by molar-refractivity contribution is 6.23. The highest BCUT2D eigenvalue weighted by Crippen LogP contribution is 2.61. The van der Waals surface area contributed by atoms with Crippen molar-refractivity contribution in [1.29, 1.82) is 5.26 Å². The number of anilines is 1. The Hall–Kier alpha value is -2.44. The van der Waals surface area contributed by atoms with Gasteiger partial charge in [0, 0.05) is 13.5 Å². The predicted molar refractivity (Wildman–Crippen MR) is 88.9 cm³/mol. The van der Waals surface area contributed by atoms with E-state index in [2.05, 4.69) is 0 Å². The summed E-state index contributed by atoms with van der Waals surface area (Å²) in [4.78, 5) is 27.0. The van der Waals surface area contributed by atoms with Gasteiger partial charge in [0.05, 0.1) is 46.4 Å². The number of carbonyl (C=O) groups is 2. The smallest absolute Gasteiger partial charge is 0.378 e. The van der Waals surface area contributed by atoms with E-state index < -0.39 is 58.3 Å². The number of nitriles is 1. The first kappa shape index (κ1) is 18.9. The topological polar surface area (TPSA) is 79.6 Å². The summed E-state index contributed by atoms with van der Waals surface area (Å²) in [5.41, 5.74) is -3.92. The zero-order valence-corrected chi connectivity index (χ0v) is 15.3. The Labute approximate surface area is 158 Å². The van der Waals surface area contributed by atoms with Crippen LogP contribution < -0.4 is 4.90 Å². The lowest BCUT2D eigenvalue weighted by Gasteiger charge is -2.34. The van der Waals surface area contributed by atoms with Gasteiger partial charge >= 0.3 is 6.18 Å². The Balaban J connectivity index is 1.80. The Kier molecular flexibility index (Phi) is 3.75. The summed E-state index contributed by atoms with van der Waals surface area (Å²) in [7, 11) is 1.49. The summed E-state index contributed by atoms with van der Waals surface area (Å²) in [5.74, 6) is -2.83. The van der Waals surface area contributed by atoms with E-state index in [1.54, 1.807) is 13.8 Å². The van der Waals surface area contributed by atoms with Crippen molar-refractivity contribution in [2.24, 2.45) is 11.8 Å². The molecule has 3 aliphatic heterocycles. The van der Waals surface area contributed by atoms with Gasteiger partial charge in [0.15, 0.2) is 0 Å². The lowest BCUT2D eigenvalue weighted by atomic mass is 9.67. The number of rotatable bonds is 2. The maximum Gasteiger partial charge on any atom is 0.417 e. The van der Waals surface area contributed by atoms with Crippen molar-refractivity contribution in [3.05, 3.63) is 29.3 Å². The van der Waals surface area contributed by atoms with Crippen LogP contribution in [0.1, 0.15) is 31.4 Å². The largest absolute Gasteiger partial charge is 0.417 e. The van der Waals surface area contributed by atoms with Gasteiger partial charge in [0.2, 0.25) is 11.8 Å². The van der Waals surface area contributed by atoms with Crippen molar-refractivity contribution >= 4 is 17.5 Å². The molecule has 0 saturated carbocycles. The number of benzene rings is 1. The van der Waals surface area contributed by atoms with Crippen LogP contribution in [0.2, 0.25) is 0 Å². The number of hydrogen-bond acceptors (Lipinski definition) is 5. The monoisotopic (exact) mass is 394 g/mol. The molecule has 0 spiro atoms. The zero-order valence-electron chi connectivity index (χ0n) is 15.3. The Morgan fingerprint density at radius 1 is 1.25 bits per heavy atom. The first-order valence-electron chi connectivity index (χ1n) is 8.70. The number of nitrogens with zero attached hydrogens (tertiary/aromatic N) is 2. The zero-order chi connectivity index (χ0) is 20.6. The maximum atomic E-state index is 13.3. The first-order valence-corrected chi connectivity index (χ1v) is 8.70. The first-order chi connectivity index (χ1) is 13.0. The number of ether oxygens (including phenoxy) is 2. The third kappa shape index (κ3) is 2.22. The van der Waals surface area contributed by atoms with Crippen molar-refractivity contribution < 1.29 is 32.2 Å². The second kappa shape index (κ2) is 5.55. The van der Waals surface area contributed by atoms with Crippen molar-refractivity contribution in [3.63, 3.8) is 0 Å². The number of amides is 2. The fraction of sp³-hybridized carbons (Fsp3) is 0.526. The van der Waals surface area contributed by atoms with E-state index in [4.69, 9.17) is 14.7 Å². The molecule has 0 unspecified atom stereocenters. The quantitative estimate of drug-likeness (QED) is 0.721. The van der Waals surface area contributed by atoms with Crippen LogP contribution in [0.15, 0.2) is 18.2 Å². The van der Waals surface area contributed by atoms with Gasteiger partial charge in [-0.15, -0.1) is 0 Å². The molecule has 0 N–H and O–H groups in total. The summed E-state index contributed by atoms with van der Waals surface area (Å²) in [6.45, 7) is 3.43. The van der Waals surface area contributed by atoms with E-state index in [1.807, 2.05) is 0 Å². The molecule has 5 atom stereocenters. The average molecular weight is 394 g/mol. The van der Waals surface area contributed by atoms with Gasteiger partial charge in [-0.25, -0.2) is 4.90 Å². The van der Waals surface area contributed by atoms with Gasteiger partial charge in [0.25, 0.3) is 0 Å². The Bertz CT molecular complexity index is 940. The number of alkyl halides is 3. The molecule has 1 aromatic carbocycles. The molecule has 1 aromatic rings. The number of halogens is 3. The van der Waals surface area contributed by atoms with Gasteiger partial charge in [0.1, 0.15) is 5.60 Å². The molecule has 6 nitrogen and oxygen atoms in total. The van der Waals surface area contributed by atoms with Gasteiger partial charge in [-0.3, -0.25) is 9.59 Å². The number of carbonyl (C=O) groups excluding carboxylic acids is 2. The number of imide groups is 1. The number of fused-ring (bicyclic) bond motifs is 5. The van der Waals surface area contributed by atoms with Crippen molar-refractivity contribution in [1.82, 2.24) is 0 Å². The molecule has 0 radical (unpaired) electrons. The standard InChI is InChI=1S/C19H17F3N2O4/c1-17-7-12(27-3)18(2,28-17)14-13(17)15(25)24(16(14)26)10-5-4-9(8-23)11(6-10)19(20,21)22/h4-6,12-14H,7H2,1-3H3/t12-,13-,14+,17-,18+/m0/s1. The van der Waals surface area contributed by atoms with Crippen LogP contribution in [0.5, 0.6) is 0 Å². The minimum Gasteiger partial charge on any atom is -0.378 e. The predicted octanol–water partition coefficient (Wildman–Crippen LogP) is 2.65. The van der Waals surface area contributed by atoms with Crippen LogP contribution in [0, 0.1) is 23.2 Å². The van der Waals surface area contributed by atoms with E-state index in [9.17, 15) is 22.8 Å². The van der Waals surface area contributed by atoms with Gasteiger partial charge in [-0.1, -0.05) is 0 Å². The third-order valence-electron chi connectivity index (χ3n) is 6.24. The second-order valence-corrected chi connectivity index (χ2v) is 7.83. The van der Waals surface area contributed by atoms with Crippen molar-refractivity contribution in [3.8, 4) is 6.07 Å². The van der Waals surface area contributed by atoms with Gasteiger partial charge < -0.3 is 9.47 Å². The normalized spacial score (nSPS) is 36.8. The lowest BCUT2D eigenvalue weighted by Crippen LogP contribution is -2.49. The van der Waals surface area contributed by atoms with Crippen molar-refractivity contribution in [2.75, 3.05) is 12.0 Å². The highest BCUT2D eigenvalue weighted by atomic mass is 19.4. The minimum atomic E-state index is -4.79. The molecule has 3 heterocycles. The van der Waals surface area contributed by atoms with Gasteiger partial charge in [-0.2, -0.15) is 18.4 Å². The van der Waals surface area contributed by atoms with E-state index in [0.29, 0.717) is 12.5 Å². The second-order valence-electron chi connectivity index (χ2n) is 7.83.